The molecular weight excluding hydrogens is 436 g/mol. The number of aromatic nitrogens is 3. The molecule has 0 saturated heterocycles. The minimum atomic E-state index is -0.442. The van der Waals surface area contributed by atoms with E-state index < -0.39 is 5.41 Å². The summed E-state index contributed by atoms with van der Waals surface area (Å²) >= 11 is 6.24. The molecule has 170 valence electrons. The van der Waals surface area contributed by atoms with Crippen LogP contribution in [0.5, 0.6) is 11.5 Å². The normalized spacial score (nSPS) is 13.2. The Balaban J connectivity index is 1.69. The van der Waals surface area contributed by atoms with E-state index in [1.165, 1.54) is 6.20 Å². The number of amides is 1. The predicted octanol–water partition coefficient (Wildman–Crippen LogP) is 2.69. The van der Waals surface area contributed by atoms with Gasteiger partial charge in [0.15, 0.2) is 17.1 Å². The number of halogens is 1. The molecule has 3 heterocycles. The maximum absolute atomic E-state index is 12.8. The second-order valence-corrected chi connectivity index (χ2v) is 8.61. The second kappa shape index (κ2) is 8.71. The van der Waals surface area contributed by atoms with Crippen LogP contribution in [0.15, 0.2) is 24.4 Å². The summed E-state index contributed by atoms with van der Waals surface area (Å²) in [5.74, 6) is 1.86. The zero-order valence-corrected chi connectivity index (χ0v) is 18.8. The highest BCUT2D eigenvalue weighted by Crippen LogP contribution is 2.41. The number of fused-ring (bicyclic) bond motifs is 2. The lowest BCUT2D eigenvalue weighted by molar-refractivity contribution is 0.0912. The number of anilines is 3. The summed E-state index contributed by atoms with van der Waals surface area (Å²) in [7, 11) is 1.75. The van der Waals surface area contributed by atoms with Crippen LogP contribution in [0, 0.1) is 5.41 Å². The highest BCUT2D eigenvalue weighted by molar-refractivity contribution is 6.31. The number of rotatable bonds is 7. The van der Waals surface area contributed by atoms with Gasteiger partial charge in [0, 0.05) is 42.8 Å². The summed E-state index contributed by atoms with van der Waals surface area (Å²) < 4.78 is 12.9. The molecule has 0 spiro atoms. The fraction of sp³-hybridized carbons (Fsp3) is 0.381. The number of ether oxygens (including phenoxy) is 2. The van der Waals surface area contributed by atoms with Crippen molar-refractivity contribution in [1.29, 1.82) is 0 Å². The van der Waals surface area contributed by atoms with Gasteiger partial charge in [0.25, 0.3) is 5.91 Å². The Morgan fingerprint density at radius 1 is 1.28 bits per heavy atom. The van der Waals surface area contributed by atoms with Gasteiger partial charge in [-0.05, 0) is 6.07 Å². The van der Waals surface area contributed by atoms with Crippen LogP contribution in [0.2, 0.25) is 5.02 Å². The number of benzene rings is 1. The Morgan fingerprint density at radius 3 is 2.81 bits per heavy atom. The first-order chi connectivity index (χ1) is 15.3. The number of carbonyl (C=O) groups excluding carboxylic acids is 1. The minimum absolute atomic E-state index is 0.0476. The molecule has 0 atom stereocenters. The third-order valence-corrected chi connectivity index (χ3v) is 5.22. The SMILES string of the molecule is CNc1cc(Nc2cc(Cl)cc3c2OCCO3)nc2c(C(=O)NCC(C)(C)CO)cnn12. The molecule has 1 aliphatic rings. The fourth-order valence-electron chi connectivity index (χ4n) is 3.19. The molecule has 0 fully saturated rings. The largest absolute Gasteiger partial charge is 0.486 e. The Morgan fingerprint density at radius 2 is 2.06 bits per heavy atom. The molecule has 10 nitrogen and oxygen atoms in total. The van der Waals surface area contributed by atoms with Gasteiger partial charge >= 0.3 is 0 Å². The number of nitrogens with zero attached hydrogens (tertiary/aromatic N) is 3. The average Bonchev–Trinajstić information content (AvgIpc) is 3.21. The lowest BCUT2D eigenvalue weighted by Gasteiger charge is -2.22. The maximum Gasteiger partial charge on any atom is 0.256 e. The van der Waals surface area contributed by atoms with E-state index in [2.05, 4.69) is 26.0 Å². The zero-order chi connectivity index (χ0) is 22.9. The molecule has 0 saturated carbocycles. The fourth-order valence-corrected chi connectivity index (χ4v) is 3.39. The van der Waals surface area contributed by atoms with E-state index in [9.17, 15) is 9.90 Å². The van der Waals surface area contributed by atoms with Gasteiger partial charge in [-0.25, -0.2) is 4.98 Å². The molecule has 2 aromatic heterocycles. The summed E-state index contributed by atoms with van der Waals surface area (Å²) in [5, 5.41) is 23.3. The molecule has 4 N–H and O–H groups in total. The van der Waals surface area contributed by atoms with Gasteiger partial charge in [0.05, 0.1) is 11.9 Å². The highest BCUT2D eigenvalue weighted by Gasteiger charge is 2.22. The van der Waals surface area contributed by atoms with Gasteiger partial charge < -0.3 is 30.5 Å². The molecule has 0 bridgehead atoms. The van der Waals surface area contributed by atoms with E-state index in [1.54, 1.807) is 29.8 Å². The lowest BCUT2D eigenvalue weighted by atomic mass is 9.95. The molecule has 1 aliphatic heterocycles. The quantitative estimate of drug-likeness (QED) is 0.424. The van der Waals surface area contributed by atoms with Crippen LogP contribution in [-0.2, 0) is 0 Å². The third-order valence-electron chi connectivity index (χ3n) is 5.00. The van der Waals surface area contributed by atoms with E-state index in [1.807, 2.05) is 13.8 Å². The number of hydrogen-bond donors (Lipinski definition) is 4. The summed E-state index contributed by atoms with van der Waals surface area (Å²) in [6.45, 7) is 4.86. The Hall–Kier alpha value is -3.24. The highest BCUT2D eigenvalue weighted by atomic mass is 35.5. The molecule has 0 radical (unpaired) electrons. The molecule has 32 heavy (non-hydrogen) atoms. The molecule has 1 aromatic carbocycles. The molecule has 1 amide bonds. The lowest BCUT2D eigenvalue weighted by Crippen LogP contribution is -2.36. The van der Waals surface area contributed by atoms with Gasteiger partial charge in [0.1, 0.15) is 30.4 Å². The topological polar surface area (TPSA) is 122 Å². The predicted molar refractivity (Wildman–Crippen MR) is 121 cm³/mol. The van der Waals surface area contributed by atoms with E-state index in [4.69, 9.17) is 21.1 Å². The maximum atomic E-state index is 12.8. The summed E-state index contributed by atoms with van der Waals surface area (Å²) in [4.78, 5) is 17.4. The van der Waals surface area contributed by atoms with Crippen LogP contribution in [0.3, 0.4) is 0 Å². The molecule has 0 aliphatic carbocycles. The number of carbonyl (C=O) groups is 1. The Kier molecular flexibility index (Phi) is 5.98. The Bertz CT molecular complexity index is 1160. The van der Waals surface area contributed by atoms with Crippen molar-refractivity contribution in [3.05, 3.63) is 35.0 Å². The van der Waals surface area contributed by atoms with E-state index in [0.29, 0.717) is 64.8 Å². The van der Waals surface area contributed by atoms with Crippen molar-refractivity contribution in [3.8, 4) is 11.5 Å². The van der Waals surface area contributed by atoms with Gasteiger partial charge in [0.2, 0.25) is 0 Å². The van der Waals surface area contributed by atoms with Gasteiger partial charge in [-0.1, -0.05) is 25.4 Å². The molecule has 4 rings (SSSR count). The van der Waals surface area contributed by atoms with Crippen molar-refractivity contribution in [2.75, 3.05) is 44.0 Å². The number of aliphatic hydroxyl groups excluding tert-OH is 1. The Labute approximate surface area is 189 Å². The second-order valence-electron chi connectivity index (χ2n) is 8.18. The van der Waals surface area contributed by atoms with Crippen LogP contribution in [-0.4, -0.2) is 59.0 Å². The molecule has 3 aromatic rings. The third kappa shape index (κ3) is 4.37. The first kappa shape index (κ1) is 22.0. The summed E-state index contributed by atoms with van der Waals surface area (Å²) in [6, 6.07) is 5.18. The van der Waals surface area contributed by atoms with Crippen LogP contribution in [0.25, 0.3) is 5.65 Å². The van der Waals surface area contributed by atoms with E-state index in [0.717, 1.165) is 0 Å². The molecule has 0 unspecified atom stereocenters. The minimum Gasteiger partial charge on any atom is -0.486 e. The van der Waals surface area contributed by atoms with Crippen LogP contribution in [0.4, 0.5) is 17.3 Å². The average molecular weight is 461 g/mol. The summed E-state index contributed by atoms with van der Waals surface area (Å²) in [6.07, 6.45) is 1.46. The van der Waals surface area contributed by atoms with Gasteiger partial charge in [-0.2, -0.15) is 9.61 Å². The molecule has 11 heteroatoms. The van der Waals surface area contributed by atoms with Crippen LogP contribution < -0.4 is 25.4 Å². The number of aliphatic hydroxyl groups is 1. The van der Waals surface area contributed by atoms with Gasteiger partial charge in [-0.3, -0.25) is 4.79 Å². The van der Waals surface area contributed by atoms with Crippen molar-refractivity contribution in [2.24, 2.45) is 5.41 Å². The number of nitrogens with one attached hydrogen (secondary N) is 3. The monoisotopic (exact) mass is 460 g/mol. The van der Waals surface area contributed by atoms with Gasteiger partial charge in [-0.15, -0.1) is 0 Å². The first-order valence-corrected chi connectivity index (χ1v) is 10.5. The smallest absolute Gasteiger partial charge is 0.256 e. The van der Waals surface area contributed by atoms with Crippen LogP contribution in [0.1, 0.15) is 24.2 Å². The molecular formula is C21H25ClN6O4. The van der Waals surface area contributed by atoms with Crippen molar-refractivity contribution in [1.82, 2.24) is 19.9 Å². The standard InChI is InChI=1S/C21H25ClN6O4/c1-21(2,11-29)10-24-20(30)13-9-25-28-17(23-3)8-16(27-19(13)28)26-14-6-12(22)7-15-18(14)32-5-4-31-15/h6-9,23,29H,4-5,10-11H2,1-3H3,(H,24,30)(H,26,27). The zero-order valence-electron chi connectivity index (χ0n) is 18.0. The van der Waals surface area contributed by atoms with E-state index in [-0.39, 0.29) is 12.5 Å². The number of hydrogen-bond acceptors (Lipinski definition) is 8. The van der Waals surface area contributed by atoms with Crippen molar-refractivity contribution >= 4 is 40.5 Å². The van der Waals surface area contributed by atoms with E-state index >= 15 is 0 Å². The van der Waals surface area contributed by atoms with Crippen molar-refractivity contribution in [3.63, 3.8) is 0 Å². The summed E-state index contributed by atoms with van der Waals surface area (Å²) in [5.41, 5.74) is 0.836. The van der Waals surface area contributed by atoms with Crippen molar-refractivity contribution in [2.45, 2.75) is 13.8 Å². The van der Waals surface area contributed by atoms with Crippen molar-refractivity contribution < 1.29 is 19.4 Å². The first-order valence-electron chi connectivity index (χ1n) is 10.1. The van der Waals surface area contributed by atoms with Crippen LogP contribution >= 0.6 is 11.6 Å².